The van der Waals surface area contributed by atoms with E-state index in [2.05, 4.69) is 5.10 Å². The zero-order valence-electron chi connectivity index (χ0n) is 9.15. The van der Waals surface area contributed by atoms with E-state index >= 15 is 0 Å². The summed E-state index contributed by atoms with van der Waals surface area (Å²) in [5.74, 6) is -0.216. The largest absolute Gasteiger partial charge is 0.326 e. The van der Waals surface area contributed by atoms with Gasteiger partial charge in [0.05, 0.1) is 6.54 Å². The molecule has 2 N–H and O–H groups in total. The van der Waals surface area contributed by atoms with Crippen molar-refractivity contribution < 1.29 is 4.39 Å². The van der Waals surface area contributed by atoms with Crippen molar-refractivity contribution in [2.24, 2.45) is 5.73 Å². The number of aromatic nitrogens is 2. The number of hydrogen-bond acceptors (Lipinski definition) is 2. The highest BCUT2D eigenvalue weighted by molar-refractivity contribution is 5.25. The molecule has 0 fully saturated rings. The standard InChI is InChI=1S/C12H14FN3/c1-9-4-5-15-16(9)8-11-6-10(7-14)2-3-12(11)13/h2-6H,7-8,14H2,1H3. The average Bonchev–Trinajstić information content (AvgIpc) is 2.68. The van der Waals surface area contributed by atoms with Crippen LogP contribution in [0.2, 0.25) is 0 Å². The first-order chi connectivity index (χ1) is 7.70. The van der Waals surface area contributed by atoms with Crippen LogP contribution in [0.1, 0.15) is 16.8 Å². The Balaban J connectivity index is 2.30. The molecule has 2 rings (SSSR count). The van der Waals surface area contributed by atoms with Crippen molar-refractivity contribution >= 4 is 0 Å². The first-order valence-corrected chi connectivity index (χ1v) is 5.16. The maximum atomic E-state index is 13.5. The van der Waals surface area contributed by atoms with Gasteiger partial charge < -0.3 is 5.73 Å². The van der Waals surface area contributed by atoms with E-state index < -0.39 is 0 Å². The topological polar surface area (TPSA) is 43.8 Å². The highest BCUT2D eigenvalue weighted by Gasteiger charge is 2.05. The first kappa shape index (κ1) is 10.8. The summed E-state index contributed by atoms with van der Waals surface area (Å²) >= 11 is 0. The molecule has 1 aromatic heterocycles. The summed E-state index contributed by atoms with van der Waals surface area (Å²) in [6.07, 6.45) is 1.71. The van der Waals surface area contributed by atoms with Crippen molar-refractivity contribution in [2.75, 3.05) is 0 Å². The lowest BCUT2D eigenvalue weighted by Gasteiger charge is -2.07. The van der Waals surface area contributed by atoms with Crippen molar-refractivity contribution in [2.45, 2.75) is 20.0 Å². The van der Waals surface area contributed by atoms with Crippen LogP contribution in [0.15, 0.2) is 30.5 Å². The van der Waals surface area contributed by atoms with Gasteiger partial charge in [0.15, 0.2) is 0 Å². The lowest BCUT2D eigenvalue weighted by molar-refractivity contribution is 0.579. The van der Waals surface area contributed by atoms with Gasteiger partial charge in [-0.05, 0) is 30.7 Å². The molecule has 0 bridgehead atoms. The van der Waals surface area contributed by atoms with Gasteiger partial charge in [-0.15, -0.1) is 0 Å². The van der Waals surface area contributed by atoms with Gasteiger partial charge >= 0.3 is 0 Å². The van der Waals surface area contributed by atoms with Crippen LogP contribution in [0.5, 0.6) is 0 Å². The maximum Gasteiger partial charge on any atom is 0.128 e. The third-order valence-corrected chi connectivity index (χ3v) is 2.59. The number of benzene rings is 1. The third kappa shape index (κ3) is 2.12. The molecule has 16 heavy (non-hydrogen) atoms. The van der Waals surface area contributed by atoms with Gasteiger partial charge in [0.25, 0.3) is 0 Å². The van der Waals surface area contributed by atoms with E-state index in [-0.39, 0.29) is 5.82 Å². The second kappa shape index (κ2) is 4.45. The molecule has 3 nitrogen and oxygen atoms in total. The number of rotatable bonds is 3. The van der Waals surface area contributed by atoms with E-state index in [1.54, 1.807) is 23.0 Å². The number of aryl methyl sites for hydroxylation is 1. The lowest BCUT2D eigenvalue weighted by atomic mass is 10.1. The van der Waals surface area contributed by atoms with Gasteiger partial charge in [-0.25, -0.2) is 4.39 Å². The van der Waals surface area contributed by atoms with Gasteiger partial charge in [-0.2, -0.15) is 5.10 Å². The molecular formula is C12H14FN3. The molecule has 1 aromatic carbocycles. The minimum absolute atomic E-state index is 0.216. The van der Waals surface area contributed by atoms with Gasteiger partial charge in [0.1, 0.15) is 5.82 Å². The first-order valence-electron chi connectivity index (χ1n) is 5.16. The van der Waals surface area contributed by atoms with E-state index in [4.69, 9.17) is 5.73 Å². The van der Waals surface area contributed by atoms with Gasteiger partial charge in [-0.1, -0.05) is 6.07 Å². The summed E-state index contributed by atoms with van der Waals surface area (Å²) in [5, 5.41) is 4.13. The molecule has 0 saturated heterocycles. The Bertz CT molecular complexity index is 491. The number of halogens is 1. The molecule has 1 heterocycles. The van der Waals surface area contributed by atoms with Crippen LogP contribution >= 0.6 is 0 Å². The Morgan fingerprint density at radius 1 is 1.38 bits per heavy atom. The monoisotopic (exact) mass is 219 g/mol. The number of nitrogens with zero attached hydrogens (tertiary/aromatic N) is 2. The second-order valence-corrected chi connectivity index (χ2v) is 3.76. The van der Waals surface area contributed by atoms with Gasteiger partial charge in [0.2, 0.25) is 0 Å². The number of nitrogens with two attached hydrogens (primary N) is 1. The molecular weight excluding hydrogens is 205 g/mol. The molecule has 0 aliphatic rings. The molecule has 0 spiro atoms. The molecule has 0 saturated carbocycles. The molecule has 4 heteroatoms. The van der Waals surface area contributed by atoms with Crippen molar-refractivity contribution in [1.29, 1.82) is 0 Å². The quantitative estimate of drug-likeness (QED) is 0.856. The van der Waals surface area contributed by atoms with E-state index in [0.717, 1.165) is 11.3 Å². The fourth-order valence-electron chi connectivity index (χ4n) is 1.60. The minimum Gasteiger partial charge on any atom is -0.326 e. The van der Waals surface area contributed by atoms with Crippen molar-refractivity contribution in [3.63, 3.8) is 0 Å². The number of hydrogen-bond donors (Lipinski definition) is 1. The Kier molecular flexibility index (Phi) is 3.01. The Hall–Kier alpha value is -1.68. The van der Waals surface area contributed by atoms with Crippen molar-refractivity contribution in [1.82, 2.24) is 9.78 Å². The van der Waals surface area contributed by atoms with Crippen LogP contribution < -0.4 is 5.73 Å². The molecule has 0 amide bonds. The molecule has 0 unspecified atom stereocenters. The lowest BCUT2D eigenvalue weighted by Crippen LogP contribution is -2.07. The third-order valence-electron chi connectivity index (χ3n) is 2.59. The summed E-state index contributed by atoms with van der Waals surface area (Å²) in [4.78, 5) is 0. The van der Waals surface area contributed by atoms with Crippen molar-refractivity contribution in [3.8, 4) is 0 Å². The summed E-state index contributed by atoms with van der Waals surface area (Å²) in [7, 11) is 0. The Morgan fingerprint density at radius 3 is 2.81 bits per heavy atom. The average molecular weight is 219 g/mol. The summed E-state index contributed by atoms with van der Waals surface area (Å²) in [6, 6.07) is 6.84. The van der Waals surface area contributed by atoms with Crippen LogP contribution in [0, 0.1) is 12.7 Å². The molecule has 0 aliphatic carbocycles. The predicted molar refractivity (Wildman–Crippen MR) is 60.4 cm³/mol. The molecule has 84 valence electrons. The molecule has 0 atom stereocenters. The molecule has 0 aliphatic heterocycles. The van der Waals surface area contributed by atoms with E-state index in [1.807, 2.05) is 13.0 Å². The maximum absolute atomic E-state index is 13.5. The van der Waals surface area contributed by atoms with E-state index in [1.165, 1.54) is 6.07 Å². The Morgan fingerprint density at radius 2 is 2.19 bits per heavy atom. The zero-order chi connectivity index (χ0) is 11.5. The van der Waals surface area contributed by atoms with Crippen molar-refractivity contribution in [3.05, 3.63) is 53.1 Å². The van der Waals surface area contributed by atoms with E-state index in [9.17, 15) is 4.39 Å². The van der Waals surface area contributed by atoms with Crippen LogP contribution in [-0.4, -0.2) is 9.78 Å². The minimum atomic E-state index is -0.216. The zero-order valence-corrected chi connectivity index (χ0v) is 9.15. The fourth-order valence-corrected chi connectivity index (χ4v) is 1.60. The normalized spacial score (nSPS) is 10.7. The van der Waals surface area contributed by atoms with E-state index in [0.29, 0.717) is 18.7 Å². The Labute approximate surface area is 93.7 Å². The fraction of sp³-hybridized carbons (Fsp3) is 0.250. The molecule has 2 aromatic rings. The highest BCUT2D eigenvalue weighted by Crippen LogP contribution is 2.12. The molecule has 0 radical (unpaired) electrons. The van der Waals surface area contributed by atoms with Gasteiger partial charge in [0, 0.05) is 24.0 Å². The summed E-state index contributed by atoms with van der Waals surface area (Å²) < 4.78 is 15.3. The van der Waals surface area contributed by atoms with Crippen LogP contribution in [0.4, 0.5) is 4.39 Å². The predicted octanol–water partition coefficient (Wildman–Crippen LogP) is 1.84. The van der Waals surface area contributed by atoms with Gasteiger partial charge in [-0.3, -0.25) is 4.68 Å². The summed E-state index contributed by atoms with van der Waals surface area (Å²) in [5.41, 5.74) is 8.09. The van der Waals surface area contributed by atoms with Crippen LogP contribution in [-0.2, 0) is 13.1 Å². The SMILES string of the molecule is Cc1ccnn1Cc1cc(CN)ccc1F. The smallest absolute Gasteiger partial charge is 0.128 e. The summed E-state index contributed by atoms with van der Waals surface area (Å²) in [6.45, 7) is 2.81. The van der Waals surface area contributed by atoms with Crippen LogP contribution in [0.25, 0.3) is 0 Å². The second-order valence-electron chi connectivity index (χ2n) is 3.76. The highest BCUT2D eigenvalue weighted by atomic mass is 19.1. The van der Waals surface area contributed by atoms with Crippen LogP contribution in [0.3, 0.4) is 0 Å².